The van der Waals surface area contributed by atoms with E-state index in [9.17, 15) is 18.8 Å². The number of rotatable bonds is 8. The van der Waals surface area contributed by atoms with Crippen molar-refractivity contribution >= 4 is 29.6 Å². The number of imide groups is 2. The van der Waals surface area contributed by atoms with Gasteiger partial charge in [0.1, 0.15) is 22.9 Å². The molecule has 1 fully saturated rings. The second kappa shape index (κ2) is 10.9. The number of amides is 4. The number of barbiturate groups is 1. The number of hydrogen-bond acceptors (Lipinski definition) is 5. The molecule has 1 heterocycles. The van der Waals surface area contributed by atoms with E-state index in [1.165, 1.54) is 12.1 Å². The van der Waals surface area contributed by atoms with E-state index >= 15 is 0 Å². The van der Waals surface area contributed by atoms with Crippen LogP contribution in [0.3, 0.4) is 0 Å². The summed E-state index contributed by atoms with van der Waals surface area (Å²) >= 11 is 0. The summed E-state index contributed by atoms with van der Waals surface area (Å²) in [6.45, 7) is 4.54. The SMILES string of the molecule is CCOc1ccc(N2C(=O)NC(=O)/C(=C\c3ccc(Cc4ccccc4F)c(OCC)c3)C2=O)cc1. The van der Waals surface area contributed by atoms with Crippen LogP contribution in [0, 0.1) is 5.82 Å². The monoisotopic (exact) mass is 488 g/mol. The minimum absolute atomic E-state index is 0.201. The van der Waals surface area contributed by atoms with Crippen LogP contribution in [-0.4, -0.2) is 31.1 Å². The molecule has 4 rings (SSSR count). The van der Waals surface area contributed by atoms with Crippen LogP contribution >= 0.6 is 0 Å². The lowest BCUT2D eigenvalue weighted by atomic mass is 10.00. The van der Waals surface area contributed by atoms with Crippen molar-refractivity contribution in [2.24, 2.45) is 0 Å². The van der Waals surface area contributed by atoms with Gasteiger partial charge in [0, 0.05) is 6.42 Å². The highest BCUT2D eigenvalue weighted by atomic mass is 19.1. The Hall–Kier alpha value is -4.46. The van der Waals surface area contributed by atoms with Crippen LogP contribution in [0.15, 0.2) is 72.3 Å². The van der Waals surface area contributed by atoms with E-state index in [0.29, 0.717) is 47.9 Å². The van der Waals surface area contributed by atoms with Crippen molar-refractivity contribution in [3.8, 4) is 11.5 Å². The van der Waals surface area contributed by atoms with E-state index in [-0.39, 0.29) is 11.4 Å². The zero-order valence-electron chi connectivity index (χ0n) is 19.9. The van der Waals surface area contributed by atoms with Crippen molar-refractivity contribution in [3.05, 3.63) is 94.8 Å². The summed E-state index contributed by atoms with van der Waals surface area (Å²) in [6, 6.07) is 17.3. The molecule has 4 amide bonds. The zero-order valence-corrected chi connectivity index (χ0v) is 19.9. The van der Waals surface area contributed by atoms with Crippen molar-refractivity contribution in [1.82, 2.24) is 5.32 Å². The third-order valence-corrected chi connectivity index (χ3v) is 5.55. The molecule has 1 N–H and O–H groups in total. The second-order valence-electron chi connectivity index (χ2n) is 7.95. The van der Waals surface area contributed by atoms with Gasteiger partial charge in [-0.05, 0) is 73.0 Å². The van der Waals surface area contributed by atoms with E-state index in [1.54, 1.807) is 60.7 Å². The molecule has 1 aliphatic rings. The number of urea groups is 1. The van der Waals surface area contributed by atoms with Crippen LogP contribution in [0.4, 0.5) is 14.9 Å². The van der Waals surface area contributed by atoms with Crippen molar-refractivity contribution < 1.29 is 28.2 Å². The number of benzene rings is 3. The minimum atomic E-state index is -0.832. The lowest BCUT2D eigenvalue weighted by molar-refractivity contribution is -0.122. The van der Waals surface area contributed by atoms with Crippen LogP contribution in [0.25, 0.3) is 6.08 Å². The van der Waals surface area contributed by atoms with Gasteiger partial charge >= 0.3 is 6.03 Å². The van der Waals surface area contributed by atoms with Gasteiger partial charge in [-0.2, -0.15) is 0 Å². The number of carbonyl (C=O) groups is 3. The predicted octanol–water partition coefficient (Wildman–Crippen LogP) is 4.88. The van der Waals surface area contributed by atoms with Crippen molar-refractivity contribution in [2.45, 2.75) is 20.3 Å². The van der Waals surface area contributed by atoms with Gasteiger partial charge in [0.05, 0.1) is 18.9 Å². The minimum Gasteiger partial charge on any atom is -0.494 e. The largest absolute Gasteiger partial charge is 0.494 e. The molecule has 0 aromatic heterocycles. The maximum atomic E-state index is 14.2. The lowest BCUT2D eigenvalue weighted by Crippen LogP contribution is -2.54. The Labute approximate surface area is 208 Å². The maximum absolute atomic E-state index is 14.2. The first kappa shape index (κ1) is 24.7. The highest BCUT2D eigenvalue weighted by Gasteiger charge is 2.36. The average Bonchev–Trinajstić information content (AvgIpc) is 2.86. The van der Waals surface area contributed by atoms with E-state index in [2.05, 4.69) is 5.32 Å². The molecule has 0 spiro atoms. The highest BCUT2D eigenvalue weighted by molar-refractivity contribution is 6.39. The Kier molecular flexibility index (Phi) is 7.44. The number of halogens is 1. The molecule has 0 aliphatic carbocycles. The number of carbonyl (C=O) groups excluding carboxylic acids is 3. The standard InChI is InChI=1S/C28H25FN2O5/c1-3-35-22-13-11-21(12-14-22)31-27(33)23(26(32)30-28(31)34)15-18-9-10-20(25(16-18)36-4-2)17-19-7-5-6-8-24(19)29/h5-16H,3-4,17H2,1-2H3,(H,30,32,34)/b23-15+. The fourth-order valence-electron chi connectivity index (χ4n) is 3.86. The third-order valence-electron chi connectivity index (χ3n) is 5.55. The van der Waals surface area contributed by atoms with Crippen molar-refractivity contribution in [1.29, 1.82) is 0 Å². The van der Waals surface area contributed by atoms with Gasteiger partial charge in [-0.1, -0.05) is 30.3 Å². The third kappa shape index (κ3) is 5.27. The Morgan fingerprint density at radius 2 is 1.61 bits per heavy atom. The van der Waals surface area contributed by atoms with Gasteiger partial charge in [0.2, 0.25) is 0 Å². The molecule has 184 valence electrons. The van der Waals surface area contributed by atoms with E-state index in [4.69, 9.17) is 9.47 Å². The topological polar surface area (TPSA) is 84.9 Å². The van der Waals surface area contributed by atoms with Crippen LogP contribution in [0.1, 0.15) is 30.5 Å². The summed E-state index contributed by atoms with van der Waals surface area (Å²) in [5, 5.41) is 2.21. The Bertz CT molecular complexity index is 1330. The van der Waals surface area contributed by atoms with Gasteiger partial charge in [0.25, 0.3) is 11.8 Å². The molecule has 0 saturated carbocycles. The average molecular weight is 489 g/mol. The Morgan fingerprint density at radius 1 is 0.889 bits per heavy atom. The van der Waals surface area contributed by atoms with Crippen molar-refractivity contribution in [3.63, 3.8) is 0 Å². The van der Waals surface area contributed by atoms with Crippen LogP contribution < -0.4 is 19.7 Å². The highest BCUT2D eigenvalue weighted by Crippen LogP contribution is 2.28. The molecule has 3 aromatic carbocycles. The maximum Gasteiger partial charge on any atom is 0.335 e. The summed E-state index contributed by atoms with van der Waals surface area (Å²) in [4.78, 5) is 39.1. The Balaban J connectivity index is 1.64. The molecule has 3 aromatic rings. The van der Waals surface area contributed by atoms with Gasteiger partial charge < -0.3 is 9.47 Å². The Morgan fingerprint density at radius 3 is 2.31 bits per heavy atom. The molecular weight excluding hydrogens is 463 g/mol. The van der Waals surface area contributed by atoms with Crippen molar-refractivity contribution in [2.75, 3.05) is 18.1 Å². The first-order chi connectivity index (χ1) is 17.4. The molecule has 0 atom stereocenters. The smallest absolute Gasteiger partial charge is 0.335 e. The quantitative estimate of drug-likeness (QED) is 0.361. The predicted molar refractivity (Wildman–Crippen MR) is 133 cm³/mol. The van der Waals surface area contributed by atoms with Gasteiger partial charge in [0.15, 0.2) is 0 Å². The molecule has 0 unspecified atom stereocenters. The molecular formula is C28H25FN2O5. The first-order valence-corrected chi connectivity index (χ1v) is 11.5. The molecule has 7 nitrogen and oxygen atoms in total. The van der Waals surface area contributed by atoms with Crippen LogP contribution in [-0.2, 0) is 16.0 Å². The number of anilines is 1. The van der Waals surface area contributed by atoms with E-state index in [1.807, 2.05) is 13.8 Å². The van der Waals surface area contributed by atoms with E-state index in [0.717, 1.165) is 10.5 Å². The summed E-state index contributed by atoms with van der Waals surface area (Å²) in [6.07, 6.45) is 1.72. The molecule has 0 bridgehead atoms. The van der Waals surface area contributed by atoms with Gasteiger partial charge in [-0.25, -0.2) is 14.1 Å². The second-order valence-corrected chi connectivity index (χ2v) is 7.95. The number of nitrogens with zero attached hydrogens (tertiary/aromatic N) is 1. The summed E-state index contributed by atoms with van der Waals surface area (Å²) in [5.41, 5.74) is 1.91. The van der Waals surface area contributed by atoms with Gasteiger partial charge in [-0.3, -0.25) is 14.9 Å². The molecule has 8 heteroatoms. The molecule has 36 heavy (non-hydrogen) atoms. The van der Waals surface area contributed by atoms with Gasteiger partial charge in [-0.15, -0.1) is 0 Å². The van der Waals surface area contributed by atoms with Crippen LogP contribution in [0.2, 0.25) is 0 Å². The lowest BCUT2D eigenvalue weighted by Gasteiger charge is -2.26. The fourth-order valence-corrected chi connectivity index (χ4v) is 3.86. The fraction of sp³-hybridized carbons (Fsp3) is 0.179. The summed E-state index contributed by atoms with van der Waals surface area (Å²) in [7, 11) is 0. The number of nitrogens with one attached hydrogen (secondary N) is 1. The van der Waals surface area contributed by atoms with Crippen LogP contribution in [0.5, 0.6) is 11.5 Å². The first-order valence-electron chi connectivity index (χ1n) is 11.5. The normalized spacial score (nSPS) is 14.7. The molecule has 1 aliphatic heterocycles. The van der Waals surface area contributed by atoms with E-state index < -0.39 is 17.8 Å². The number of ether oxygens (including phenoxy) is 2. The molecule has 1 saturated heterocycles. The molecule has 0 radical (unpaired) electrons. The summed E-state index contributed by atoms with van der Waals surface area (Å²) < 4.78 is 25.3. The summed E-state index contributed by atoms with van der Waals surface area (Å²) in [5.74, 6) is -0.744. The number of hydrogen-bond donors (Lipinski definition) is 1. The zero-order chi connectivity index (χ0) is 25.7.